The number of carbonyl (C=O) groups excluding carboxylic acids is 3. The van der Waals surface area contributed by atoms with Crippen molar-refractivity contribution in [3.05, 3.63) is 41.3 Å². The van der Waals surface area contributed by atoms with Crippen LogP contribution in [0.4, 0.5) is 5.00 Å². The molecule has 3 N–H and O–H groups in total. The van der Waals surface area contributed by atoms with Crippen LogP contribution in [-0.2, 0) is 14.3 Å². The molecule has 136 valence electrons. The molecule has 0 aliphatic carbocycles. The predicted octanol–water partition coefficient (Wildman–Crippen LogP) is 1.56. The third-order valence-corrected chi connectivity index (χ3v) is 4.43. The number of nitrogens with two attached hydrogens (primary N) is 1. The van der Waals surface area contributed by atoms with Crippen LogP contribution < -0.4 is 20.5 Å². The van der Waals surface area contributed by atoms with E-state index in [-0.39, 0.29) is 12.2 Å². The fourth-order valence-corrected chi connectivity index (χ4v) is 3.05. The second-order valence-electron chi connectivity index (χ2n) is 5.46. The molecule has 0 saturated heterocycles. The predicted molar refractivity (Wildman–Crippen MR) is 93.4 cm³/mol. The monoisotopic (exact) mass is 376 g/mol. The van der Waals surface area contributed by atoms with E-state index in [0.29, 0.717) is 16.5 Å². The summed E-state index contributed by atoms with van der Waals surface area (Å²) in [7, 11) is 0. The van der Waals surface area contributed by atoms with Crippen LogP contribution in [-0.4, -0.2) is 36.6 Å². The molecule has 3 rings (SSSR count). The van der Waals surface area contributed by atoms with Gasteiger partial charge in [0, 0.05) is 0 Å². The Morgan fingerprint density at radius 1 is 1.27 bits per heavy atom. The van der Waals surface area contributed by atoms with E-state index in [1.54, 1.807) is 29.6 Å². The van der Waals surface area contributed by atoms with Crippen molar-refractivity contribution in [3.63, 3.8) is 0 Å². The lowest BCUT2D eigenvalue weighted by molar-refractivity contribution is -0.162. The number of ether oxygens (including phenoxy) is 3. The van der Waals surface area contributed by atoms with Crippen LogP contribution in [0.25, 0.3) is 0 Å². The minimum absolute atomic E-state index is 0.0130. The standard InChI is InChI=1S/C17H16N2O6S/c1-9(15(21)19-16-10(14(18)20)6-7-26-16)24-17(22)13-8-23-11-4-2-3-5-12(11)25-13/h2-7,9,13H,8H2,1H3,(H2,18,20)(H,19,21)/t9-,13-/m1/s1. The Hall–Kier alpha value is -3.07. The first kappa shape index (κ1) is 17.7. The number of fused-ring (bicyclic) bond motifs is 1. The van der Waals surface area contributed by atoms with Gasteiger partial charge in [0.25, 0.3) is 11.8 Å². The second-order valence-corrected chi connectivity index (χ2v) is 6.38. The third-order valence-electron chi connectivity index (χ3n) is 3.60. The molecule has 2 heterocycles. The Labute approximate surface area is 152 Å². The Balaban J connectivity index is 1.58. The number of thiophene rings is 1. The fraction of sp³-hybridized carbons (Fsp3) is 0.235. The zero-order valence-corrected chi connectivity index (χ0v) is 14.6. The van der Waals surface area contributed by atoms with Crippen molar-refractivity contribution in [2.75, 3.05) is 11.9 Å². The van der Waals surface area contributed by atoms with E-state index < -0.39 is 30.0 Å². The lowest BCUT2D eigenvalue weighted by Gasteiger charge is -2.25. The zero-order valence-electron chi connectivity index (χ0n) is 13.8. The van der Waals surface area contributed by atoms with E-state index in [0.717, 1.165) is 11.3 Å². The van der Waals surface area contributed by atoms with Crippen LogP contribution in [0.2, 0.25) is 0 Å². The molecule has 2 amide bonds. The first-order valence-electron chi connectivity index (χ1n) is 7.73. The normalized spacial score (nSPS) is 16.4. The van der Waals surface area contributed by atoms with Gasteiger partial charge in [-0.3, -0.25) is 9.59 Å². The number of amides is 2. The van der Waals surface area contributed by atoms with E-state index in [1.807, 2.05) is 0 Å². The van der Waals surface area contributed by atoms with Gasteiger partial charge in [-0.1, -0.05) is 12.1 Å². The quantitative estimate of drug-likeness (QED) is 0.765. The molecule has 0 fully saturated rings. The van der Waals surface area contributed by atoms with Crippen molar-refractivity contribution in [3.8, 4) is 11.5 Å². The molecule has 2 atom stereocenters. The van der Waals surface area contributed by atoms with Gasteiger partial charge in [0.05, 0.1) is 5.56 Å². The van der Waals surface area contributed by atoms with E-state index >= 15 is 0 Å². The van der Waals surface area contributed by atoms with Gasteiger partial charge in [-0.25, -0.2) is 4.79 Å². The molecule has 0 bridgehead atoms. The molecule has 0 spiro atoms. The Morgan fingerprint density at radius 2 is 2.00 bits per heavy atom. The lowest BCUT2D eigenvalue weighted by Crippen LogP contribution is -2.41. The van der Waals surface area contributed by atoms with E-state index in [9.17, 15) is 14.4 Å². The number of nitrogens with one attached hydrogen (secondary N) is 1. The Morgan fingerprint density at radius 3 is 2.73 bits per heavy atom. The maximum atomic E-state index is 12.2. The molecule has 9 heteroatoms. The smallest absolute Gasteiger partial charge is 0.351 e. The van der Waals surface area contributed by atoms with Gasteiger partial charge >= 0.3 is 5.97 Å². The minimum Gasteiger partial charge on any atom is -0.485 e. The average Bonchev–Trinajstić information content (AvgIpc) is 3.09. The minimum atomic E-state index is -1.09. The topological polar surface area (TPSA) is 117 Å². The van der Waals surface area contributed by atoms with E-state index in [4.69, 9.17) is 19.9 Å². The van der Waals surface area contributed by atoms with Gasteiger partial charge in [-0.2, -0.15) is 0 Å². The summed E-state index contributed by atoms with van der Waals surface area (Å²) in [6.45, 7) is 1.41. The van der Waals surface area contributed by atoms with Crippen LogP contribution >= 0.6 is 11.3 Å². The number of hydrogen-bond donors (Lipinski definition) is 2. The van der Waals surface area contributed by atoms with Crippen LogP contribution in [0.1, 0.15) is 17.3 Å². The summed E-state index contributed by atoms with van der Waals surface area (Å²) in [5.41, 5.74) is 5.43. The third kappa shape index (κ3) is 3.77. The summed E-state index contributed by atoms with van der Waals surface area (Å²) in [6, 6.07) is 8.45. The molecule has 8 nitrogen and oxygen atoms in total. The number of benzene rings is 1. The highest BCUT2D eigenvalue weighted by Gasteiger charge is 2.31. The van der Waals surface area contributed by atoms with Crippen LogP contribution in [0.15, 0.2) is 35.7 Å². The number of anilines is 1. The number of rotatable bonds is 5. The zero-order chi connectivity index (χ0) is 18.7. The van der Waals surface area contributed by atoms with Gasteiger partial charge in [0.15, 0.2) is 17.6 Å². The van der Waals surface area contributed by atoms with Crippen molar-refractivity contribution in [2.45, 2.75) is 19.1 Å². The molecule has 0 radical (unpaired) electrons. The van der Waals surface area contributed by atoms with Crippen molar-refractivity contribution < 1.29 is 28.6 Å². The summed E-state index contributed by atoms with van der Waals surface area (Å²) in [5.74, 6) is -0.983. The Kier molecular flexibility index (Phi) is 5.08. The molecular weight excluding hydrogens is 360 g/mol. The molecule has 1 aliphatic heterocycles. The number of hydrogen-bond acceptors (Lipinski definition) is 7. The van der Waals surface area contributed by atoms with Crippen molar-refractivity contribution in [1.29, 1.82) is 0 Å². The van der Waals surface area contributed by atoms with Crippen molar-refractivity contribution in [1.82, 2.24) is 0 Å². The van der Waals surface area contributed by atoms with Gasteiger partial charge in [0.1, 0.15) is 11.6 Å². The van der Waals surface area contributed by atoms with Crippen LogP contribution in [0.5, 0.6) is 11.5 Å². The average molecular weight is 376 g/mol. The highest BCUT2D eigenvalue weighted by Crippen LogP contribution is 2.31. The van der Waals surface area contributed by atoms with Gasteiger partial charge < -0.3 is 25.3 Å². The summed E-state index contributed by atoms with van der Waals surface area (Å²) in [4.78, 5) is 35.7. The number of primary amides is 1. The number of carbonyl (C=O) groups is 3. The molecule has 0 saturated carbocycles. The van der Waals surface area contributed by atoms with Crippen LogP contribution in [0, 0.1) is 0 Å². The summed E-state index contributed by atoms with van der Waals surface area (Å²) < 4.78 is 16.1. The molecule has 1 aliphatic rings. The largest absolute Gasteiger partial charge is 0.485 e. The molecule has 1 aromatic carbocycles. The van der Waals surface area contributed by atoms with E-state index in [1.165, 1.54) is 13.0 Å². The van der Waals surface area contributed by atoms with E-state index in [2.05, 4.69) is 5.32 Å². The lowest BCUT2D eigenvalue weighted by atomic mass is 10.2. The van der Waals surface area contributed by atoms with Crippen molar-refractivity contribution >= 4 is 34.1 Å². The van der Waals surface area contributed by atoms with Gasteiger partial charge in [-0.15, -0.1) is 11.3 Å². The number of esters is 1. The molecule has 0 unspecified atom stereocenters. The molecule has 2 aromatic rings. The first-order valence-corrected chi connectivity index (χ1v) is 8.61. The fourth-order valence-electron chi connectivity index (χ4n) is 2.25. The second kappa shape index (κ2) is 7.44. The first-order chi connectivity index (χ1) is 12.5. The van der Waals surface area contributed by atoms with Crippen LogP contribution in [0.3, 0.4) is 0 Å². The number of para-hydroxylation sites is 2. The Bertz CT molecular complexity index is 849. The molecular formula is C17H16N2O6S. The highest BCUT2D eigenvalue weighted by molar-refractivity contribution is 7.14. The highest BCUT2D eigenvalue weighted by atomic mass is 32.1. The molecule has 26 heavy (non-hydrogen) atoms. The summed E-state index contributed by atoms with van der Waals surface area (Å²) >= 11 is 1.14. The maximum absolute atomic E-state index is 12.2. The van der Waals surface area contributed by atoms with Gasteiger partial charge in [0.2, 0.25) is 6.10 Å². The van der Waals surface area contributed by atoms with Crippen molar-refractivity contribution in [2.24, 2.45) is 5.73 Å². The summed E-state index contributed by atoms with van der Waals surface area (Å²) in [5, 5.41) is 4.45. The SMILES string of the molecule is C[C@@H](OC(=O)[C@H]1COc2ccccc2O1)C(=O)Nc1sccc1C(N)=O. The summed E-state index contributed by atoms with van der Waals surface area (Å²) in [6.07, 6.45) is -2.06. The maximum Gasteiger partial charge on any atom is 0.351 e. The molecule has 1 aromatic heterocycles. The van der Waals surface area contributed by atoms with Gasteiger partial charge in [-0.05, 0) is 30.5 Å².